The Balaban J connectivity index is 2.16. The number of rotatable bonds is 3. The van der Waals surface area contributed by atoms with Crippen molar-refractivity contribution in [3.8, 4) is 0 Å². The molecule has 0 radical (unpaired) electrons. The van der Waals surface area contributed by atoms with Crippen LogP contribution in [0.1, 0.15) is 11.4 Å². The van der Waals surface area contributed by atoms with Crippen molar-refractivity contribution >= 4 is 39.9 Å². The van der Waals surface area contributed by atoms with Crippen molar-refractivity contribution < 1.29 is 4.39 Å². The predicted octanol–water partition coefficient (Wildman–Crippen LogP) is 3.74. The number of hydrogen-bond donors (Lipinski definition) is 1. The van der Waals surface area contributed by atoms with Gasteiger partial charge in [-0.3, -0.25) is 4.68 Å². The quantitative estimate of drug-likeness (QED) is 0.824. The molecule has 0 aliphatic carbocycles. The number of nitrogens with zero attached hydrogens (tertiary/aromatic N) is 2. The molecule has 0 fully saturated rings. The molecule has 1 N–H and O–H groups in total. The highest BCUT2D eigenvalue weighted by Crippen LogP contribution is 2.23. The summed E-state index contributed by atoms with van der Waals surface area (Å²) in [5, 5.41) is 8.14. The van der Waals surface area contributed by atoms with Gasteiger partial charge < -0.3 is 5.32 Å². The summed E-state index contributed by atoms with van der Waals surface area (Å²) in [6, 6.07) is 4.63. The van der Waals surface area contributed by atoms with Gasteiger partial charge in [-0.2, -0.15) is 5.10 Å². The minimum atomic E-state index is -0.237. The van der Waals surface area contributed by atoms with Gasteiger partial charge in [0.05, 0.1) is 23.0 Å². The summed E-state index contributed by atoms with van der Waals surface area (Å²) >= 11 is 8.25. The Bertz CT molecular complexity index is 583. The van der Waals surface area contributed by atoms with E-state index < -0.39 is 0 Å². The number of aryl methyl sites for hydroxylation is 2. The molecule has 0 atom stereocenters. The zero-order valence-corrected chi connectivity index (χ0v) is 12.9. The standard InChI is InChI=1S/C12H12ClFIN3/c1-7-12(13)11(18(2)17-7)6-16-10-4-3-8(14)5-9(10)15/h3-5,16H,6H2,1-2H3. The van der Waals surface area contributed by atoms with E-state index in [-0.39, 0.29) is 5.82 Å². The van der Waals surface area contributed by atoms with Crippen LogP contribution in [0.25, 0.3) is 0 Å². The van der Waals surface area contributed by atoms with Crippen LogP contribution in [0.5, 0.6) is 0 Å². The molecule has 0 saturated carbocycles. The van der Waals surface area contributed by atoms with Crippen LogP contribution in [0.3, 0.4) is 0 Å². The summed E-state index contributed by atoms with van der Waals surface area (Å²) in [5.74, 6) is -0.237. The van der Waals surface area contributed by atoms with Crippen LogP contribution >= 0.6 is 34.2 Å². The molecular formula is C12H12ClFIN3. The van der Waals surface area contributed by atoms with Gasteiger partial charge in [-0.05, 0) is 47.7 Å². The van der Waals surface area contributed by atoms with Gasteiger partial charge in [-0.1, -0.05) is 11.6 Å². The topological polar surface area (TPSA) is 29.9 Å². The molecule has 0 aliphatic heterocycles. The molecule has 0 spiro atoms. The number of halogens is 3. The van der Waals surface area contributed by atoms with Gasteiger partial charge in [0.25, 0.3) is 0 Å². The van der Waals surface area contributed by atoms with E-state index in [1.165, 1.54) is 12.1 Å². The van der Waals surface area contributed by atoms with Gasteiger partial charge in [0.1, 0.15) is 5.82 Å². The Hall–Kier alpha value is -0.820. The van der Waals surface area contributed by atoms with Crippen molar-refractivity contribution in [1.82, 2.24) is 9.78 Å². The van der Waals surface area contributed by atoms with Gasteiger partial charge in [0.15, 0.2) is 0 Å². The van der Waals surface area contributed by atoms with Crippen molar-refractivity contribution in [2.24, 2.45) is 7.05 Å². The van der Waals surface area contributed by atoms with E-state index in [2.05, 4.69) is 33.0 Å². The Kier molecular flexibility index (Phi) is 4.11. The lowest BCUT2D eigenvalue weighted by Gasteiger charge is -2.09. The fourth-order valence-corrected chi connectivity index (χ4v) is 2.58. The van der Waals surface area contributed by atoms with Crippen molar-refractivity contribution in [2.75, 3.05) is 5.32 Å². The molecule has 1 aromatic carbocycles. The number of benzene rings is 1. The Labute approximate surface area is 123 Å². The average Bonchev–Trinajstić information content (AvgIpc) is 2.53. The van der Waals surface area contributed by atoms with Crippen LogP contribution in [0.15, 0.2) is 18.2 Å². The highest BCUT2D eigenvalue weighted by atomic mass is 127. The fourth-order valence-electron chi connectivity index (χ4n) is 1.68. The lowest BCUT2D eigenvalue weighted by atomic mass is 10.3. The molecule has 3 nitrogen and oxygen atoms in total. The maximum Gasteiger partial charge on any atom is 0.124 e. The number of hydrogen-bond acceptors (Lipinski definition) is 2. The lowest BCUT2D eigenvalue weighted by molar-refractivity contribution is 0.627. The Morgan fingerprint density at radius 3 is 2.78 bits per heavy atom. The number of aromatic nitrogens is 2. The highest BCUT2D eigenvalue weighted by molar-refractivity contribution is 14.1. The van der Waals surface area contributed by atoms with Gasteiger partial charge in [0.2, 0.25) is 0 Å². The minimum Gasteiger partial charge on any atom is -0.378 e. The van der Waals surface area contributed by atoms with E-state index in [4.69, 9.17) is 11.6 Å². The maximum atomic E-state index is 13.0. The van der Waals surface area contributed by atoms with Crippen LogP contribution in [-0.4, -0.2) is 9.78 Å². The van der Waals surface area contributed by atoms with E-state index in [9.17, 15) is 4.39 Å². The monoisotopic (exact) mass is 379 g/mol. The molecule has 1 heterocycles. The highest BCUT2D eigenvalue weighted by Gasteiger charge is 2.11. The van der Waals surface area contributed by atoms with Gasteiger partial charge >= 0.3 is 0 Å². The number of anilines is 1. The molecule has 0 bridgehead atoms. The van der Waals surface area contributed by atoms with Crippen molar-refractivity contribution in [2.45, 2.75) is 13.5 Å². The van der Waals surface area contributed by atoms with E-state index in [0.717, 1.165) is 20.6 Å². The molecule has 2 rings (SSSR count). The van der Waals surface area contributed by atoms with Crippen LogP contribution in [-0.2, 0) is 13.6 Å². The largest absolute Gasteiger partial charge is 0.378 e. The van der Waals surface area contributed by atoms with Gasteiger partial charge in [0, 0.05) is 16.3 Å². The molecule has 6 heteroatoms. The first kappa shape index (κ1) is 13.6. The Morgan fingerprint density at radius 2 is 2.22 bits per heavy atom. The SMILES string of the molecule is Cc1nn(C)c(CNc2ccc(F)cc2I)c1Cl. The maximum absolute atomic E-state index is 13.0. The van der Waals surface area contributed by atoms with Crippen molar-refractivity contribution in [1.29, 1.82) is 0 Å². The van der Waals surface area contributed by atoms with Gasteiger partial charge in [-0.25, -0.2) is 4.39 Å². The normalized spacial score (nSPS) is 10.7. The first-order chi connectivity index (χ1) is 8.49. The van der Waals surface area contributed by atoms with Crippen LogP contribution in [0.2, 0.25) is 5.02 Å². The summed E-state index contributed by atoms with van der Waals surface area (Å²) in [7, 11) is 1.85. The molecule has 0 saturated heterocycles. The van der Waals surface area contributed by atoms with Crippen LogP contribution in [0, 0.1) is 16.3 Å². The third-order valence-corrected chi connectivity index (χ3v) is 4.02. The molecule has 18 heavy (non-hydrogen) atoms. The summed E-state index contributed by atoms with van der Waals surface area (Å²) in [6.07, 6.45) is 0. The lowest BCUT2D eigenvalue weighted by Crippen LogP contribution is -2.06. The van der Waals surface area contributed by atoms with E-state index in [0.29, 0.717) is 11.6 Å². The van der Waals surface area contributed by atoms with Crippen LogP contribution in [0.4, 0.5) is 10.1 Å². The second kappa shape index (κ2) is 5.44. The predicted molar refractivity (Wildman–Crippen MR) is 79.4 cm³/mol. The molecular weight excluding hydrogens is 368 g/mol. The van der Waals surface area contributed by atoms with Crippen molar-refractivity contribution in [3.05, 3.63) is 44.0 Å². The second-order valence-electron chi connectivity index (χ2n) is 3.95. The summed E-state index contributed by atoms with van der Waals surface area (Å²) in [5.41, 5.74) is 2.60. The zero-order chi connectivity index (χ0) is 13.3. The third kappa shape index (κ3) is 2.77. The minimum absolute atomic E-state index is 0.237. The molecule has 0 unspecified atom stereocenters. The van der Waals surface area contributed by atoms with Gasteiger partial charge in [-0.15, -0.1) is 0 Å². The number of nitrogens with one attached hydrogen (secondary N) is 1. The Morgan fingerprint density at radius 1 is 1.50 bits per heavy atom. The van der Waals surface area contributed by atoms with E-state index in [1.807, 2.05) is 14.0 Å². The van der Waals surface area contributed by atoms with E-state index in [1.54, 1.807) is 10.7 Å². The molecule has 0 amide bonds. The summed E-state index contributed by atoms with van der Waals surface area (Å²) in [6.45, 7) is 2.42. The third-order valence-electron chi connectivity index (χ3n) is 2.64. The molecule has 0 aliphatic rings. The smallest absolute Gasteiger partial charge is 0.124 e. The summed E-state index contributed by atoms with van der Waals surface area (Å²) < 4.78 is 15.6. The molecule has 1 aromatic heterocycles. The molecule has 96 valence electrons. The first-order valence-electron chi connectivity index (χ1n) is 5.36. The fraction of sp³-hybridized carbons (Fsp3) is 0.250. The first-order valence-corrected chi connectivity index (χ1v) is 6.81. The molecule has 2 aromatic rings. The average molecular weight is 380 g/mol. The van der Waals surface area contributed by atoms with Crippen molar-refractivity contribution in [3.63, 3.8) is 0 Å². The zero-order valence-electron chi connectivity index (χ0n) is 9.97. The summed E-state index contributed by atoms with van der Waals surface area (Å²) in [4.78, 5) is 0. The van der Waals surface area contributed by atoms with Crippen LogP contribution < -0.4 is 5.32 Å². The second-order valence-corrected chi connectivity index (χ2v) is 5.49. The van der Waals surface area contributed by atoms with E-state index >= 15 is 0 Å².